The third-order valence-electron chi connectivity index (χ3n) is 4.78. The van der Waals surface area contributed by atoms with Gasteiger partial charge in [-0.2, -0.15) is 0 Å². The number of ether oxygens (including phenoxy) is 2. The molecule has 0 amide bonds. The summed E-state index contributed by atoms with van der Waals surface area (Å²) in [6, 6.07) is 16.9. The lowest BCUT2D eigenvalue weighted by molar-refractivity contribution is 0.0697. The van der Waals surface area contributed by atoms with E-state index in [0.29, 0.717) is 39.5 Å². The maximum Gasteiger partial charge on any atom is 0.335 e. The van der Waals surface area contributed by atoms with Crippen molar-refractivity contribution in [3.8, 4) is 22.9 Å². The van der Waals surface area contributed by atoms with Crippen molar-refractivity contribution in [1.82, 2.24) is 9.97 Å². The van der Waals surface area contributed by atoms with E-state index >= 15 is 0 Å². The van der Waals surface area contributed by atoms with E-state index in [-0.39, 0.29) is 18.1 Å². The summed E-state index contributed by atoms with van der Waals surface area (Å²) in [4.78, 5) is 31.5. The molecule has 5 rings (SSSR count). The molecule has 0 unspecified atom stereocenters. The summed E-state index contributed by atoms with van der Waals surface area (Å²) in [7, 11) is 0. The van der Waals surface area contributed by atoms with Gasteiger partial charge in [-0.1, -0.05) is 24.3 Å². The molecule has 0 radical (unpaired) electrons. The van der Waals surface area contributed by atoms with Gasteiger partial charge in [0.15, 0.2) is 17.3 Å². The number of imidazole rings is 1. The molecule has 29 heavy (non-hydrogen) atoms. The summed E-state index contributed by atoms with van der Waals surface area (Å²) in [5.74, 6) is 0.688. The van der Waals surface area contributed by atoms with Crippen molar-refractivity contribution in [2.24, 2.45) is 0 Å². The molecule has 1 aliphatic rings. The maximum atomic E-state index is 12.8. The Morgan fingerprint density at radius 1 is 0.862 bits per heavy atom. The molecule has 1 aromatic heterocycles. The second kappa shape index (κ2) is 6.49. The molecule has 142 valence electrons. The Hall–Kier alpha value is -4.13. The van der Waals surface area contributed by atoms with Crippen molar-refractivity contribution in [2.75, 3.05) is 6.79 Å². The lowest BCUT2D eigenvalue weighted by Gasteiger charge is -2.04. The molecule has 7 heteroatoms. The molecular weight excluding hydrogens is 372 g/mol. The van der Waals surface area contributed by atoms with Crippen molar-refractivity contribution in [3.05, 3.63) is 77.4 Å². The van der Waals surface area contributed by atoms with Gasteiger partial charge in [0.05, 0.1) is 16.6 Å². The van der Waals surface area contributed by atoms with E-state index in [1.165, 1.54) is 6.07 Å². The van der Waals surface area contributed by atoms with Gasteiger partial charge in [-0.3, -0.25) is 4.79 Å². The summed E-state index contributed by atoms with van der Waals surface area (Å²) in [5, 5.41) is 9.12. The molecule has 3 aromatic carbocycles. The average molecular weight is 386 g/mol. The molecular formula is C22H14N2O5. The van der Waals surface area contributed by atoms with Crippen LogP contribution in [0.2, 0.25) is 0 Å². The van der Waals surface area contributed by atoms with Crippen LogP contribution in [0.15, 0.2) is 60.7 Å². The lowest BCUT2D eigenvalue weighted by atomic mass is 10.0. The Morgan fingerprint density at radius 2 is 1.59 bits per heavy atom. The summed E-state index contributed by atoms with van der Waals surface area (Å²) < 4.78 is 10.6. The molecule has 0 saturated heterocycles. The molecule has 0 bridgehead atoms. The fourth-order valence-corrected chi connectivity index (χ4v) is 3.26. The highest BCUT2D eigenvalue weighted by Crippen LogP contribution is 2.33. The number of hydrogen-bond acceptors (Lipinski definition) is 5. The summed E-state index contributed by atoms with van der Waals surface area (Å²) >= 11 is 0. The van der Waals surface area contributed by atoms with Crippen LogP contribution in [0, 0.1) is 0 Å². The van der Waals surface area contributed by atoms with Crippen LogP contribution in [0.4, 0.5) is 0 Å². The van der Waals surface area contributed by atoms with Crippen LogP contribution in [-0.2, 0) is 0 Å². The van der Waals surface area contributed by atoms with Gasteiger partial charge < -0.3 is 19.6 Å². The molecule has 0 fully saturated rings. The molecule has 0 spiro atoms. The van der Waals surface area contributed by atoms with Crippen molar-refractivity contribution < 1.29 is 24.2 Å². The van der Waals surface area contributed by atoms with Gasteiger partial charge in [-0.15, -0.1) is 0 Å². The quantitative estimate of drug-likeness (QED) is 0.516. The minimum atomic E-state index is -0.991. The fourth-order valence-electron chi connectivity index (χ4n) is 3.26. The zero-order chi connectivity index (χ0) is 20.0. The van der Waals surface area contributed by atoms with Crippen molar-refractivity contribution in [1.29, 1.82) is 0 Å². The standard InChI is InChI=1S/C22H14N2O5/c25-20(14-6-8-18-19(10-14)29-11-28-18)12-1-3-13(4-2-12)21-23-16-7-5-15(22(26)27)9-17(16)24-21/h1-10H,11H2,(H,23,24)(H,26,27). The molecule has 0 saturated carbocycles. The Balaban J connectivity index is 1.43. The molecule has 0 aliphatic carbocycles. The number of ketones is 1. The zero-order valence-corrected chi connectivity index (χ0v) is 15.0. The molecule has 7 nitrogen and oxygen atoms in total. The summed E-state index contributed by atoms with van der Waals surface area (Å²) in [6.45, 7) is 0.160. The van der Waals surface area contributed by atoms with Gasteiger partial charge in [0, 0.05) is 16.7 Å². The highest BCUT2D eigenvalue weighted by molar-refractivity contribution is 6.09. The third-order valence-corrected chi connectivity index (χ3v) is 4.78. The number of benzene rings is 3. The first kappa shape index (κ1) is 17.0. The molecule has 2 heterocycles. The van der Waals surface area contributed by atoms with E-state index in [1.54, 1.807) is 54.6 Å². The van der Waals surface area contributed by atoms with E-state index in [9.17, 15) is 9.59 Å². The highest BCUT2D eigenvalue weighted by atomic mass is 16.7. The Kier molecular flexibility index (Phi) is 3.80. The number of nitrogens with one attached hydrogen (secondary N) is 1. The smallest absolute Gasteiger partial charge is 0.335 e. The second-order valence-corrected chi connectivity index (χ2v) is 6.60. The van der Waals surface area contributed by atoms with Crippen LogP contribution in [0.5, 0.6) is 11.5 Å². The Bertz CT molecular complexity index is 1270. The fraction of sp³-hybridized carbons (Fsp3) is 0.0455. The Labute approximate surface area is 164 Å². The van der Waals surface area contributed by atoms with E-state index in [0.717, 1.165) is 5.56 Å². The molecule has 1 aliphatic heterocycles. The van der Waals surface area contributed by atoms with Crippen molar-refractivity contribution in [3.63, 3.8) is 0 Å². The van der Waals surface area contributed by atoms with Crippen molar-refractivity contribution in [2.45, 2.75) is 0 Å². The van der Waals surface area contributed by atoms with Crippen LogP contribution < -0.4 is 9.47 Å². The zero-order valence-electron chi connectivity index (χ0n) is 15.0. The topological polar surface area (TPSA) is 102 Å². The first-order valence-corrected chi connectivity index (χ1v) is 8.86. The predicted molar refractivity (Wildman–Crippen MR) is 104 cm³/mol. The normalized spacial score (nSPS) is 12.3. The van der Waals surface area contributed by atoms with Gasteiger partial charge in [-0.25, -0.2) is 9.78 Å². The average Bonchev–Trinajstić information content (AvgIpc) is 3.38. The number of carboxylic acid groups (broad SMARTS) is 1. The Morgan fingerprint density at radius 3 is 2.38 bits per heavy atom. The van der Waals surface area contributed by atoms with E-state index < -0.39 is 5.97 Å². The second-order valence-electron chi connectivity index (χ2n) is 6.60. The summed E-state index contributed by atoms with van der Waals surface area (Å²) in [5.41, 5.74) is 3.35. The van der Waals surface area contributed by atoms with Gasteiger partial charge >= 0.3 is 5.97 Å². The number of aromatic amines is 1. The van der Waals surface area contributed by atoms with Gasteiger partial charge in [0.2, 0.25) is 6.79 Å². The van der Waals surface area contributed by atoms with Crippen LogP contribution >= 0.6 is 0 Å². The SMILES string of the molecule is O=C(O)c1ccc2nc(-c3ccc(C(=O)c4ccc5c(c4)OCO5)cc3)[nH]c2c1. The monoisotopic (exact) mass is 386 g/mol. The number of aromatic carboxylic acids is 1. The van der Waals surface area contributed by atoms with Gasteiger partial charge in [-0.05, 0) is 36.4 Å². The van der Waals surface area contributed by atoms with E-state index in [4.69, 9.17) is 14.6 Å². The number of fused-ring (bicyclic) bond motifs is 2. The molecule has 4 aromatic rings. The first-order chi connectivity index (χ1) is 14.1. The highest BCUT2D eigenvalue weighted by Gasteiger charge is 2.17. The van der Waals surface area contributed by atoms with Crippen LogP contribution in [0.1, 0.15) is 26.3 Å². The maximum absolute atomic E-state index is 12.8. The van der Waals surface area contributed by atoms with Crippen LogP contribution in [0.3, 0.4) is 0 Å². The summed E-state index contributed by atoms with van der Waals surface area (Å²) in [6.07, 6.45) is 0. The third kappa shape index (κ3) is 2.98. The number of rotatable bonds is 4. The minimum Gasteiger partial charge on any atom is -0.478 e. The first-order valence-electron chi connectivity index (χ1n) is 8.86. The number of H-pyrrole nitrogens is 1. The predicted octanol–water partition coefficient (Wildman–Crippen LogP) is 3.89. The van der Waals surface area contributed by atoms with Gasteiger partial charge in [0.1, 0.15) is 5.82 Å². The number of carboxylic acids is 1. The lowest BCUT2D eigenvalue weighted by Crippen LogP contribution is -2.01. The molecule has 0 atom stereocenters. The largest absolute Gasteiger partial charge is 0.478 e. The number of nitrogens with zero attached hydrogens (tertiary/aromatic N) is 1. The number of carbonyl (C=O) groups excluding carboxylic acids is 1. The van der Waals surface area contributed by atoms with E-state index in [2.05, 4.69) is 9.97 Å². The van der Waals surface area contributed by atoms with E-state index in [1.807, 2.05) is 0 Å². The van der Waals surface area contributed by atoms with Crippen molar-refractivity contribution >= 4 is 22.8 Å². The van der Waals surface area contributed by atoms with Crippen LogP contribution in [-0.4, -0.2) is 33.6 Å². The number of hydrogen-bond donors (Lipinski definition) is 2. The molecule has 2 N–H and O–H groups in total. The minimum absolute atomic E-state index is 0.120. The van der Waals surface area contributed by atoms with Crippen LogP contribution in [0.25, 0.3) is 22.4 Å². The van der Waals surface area contributed by atoms with Gasteiger partial charge in [0.25, 0.3) is 0 Å². The number of aromatic nitrogens is 2. The number of carbonyl (C=O) groups is 2.